The van der Waals surface area contributed by atoms with Crippen molar-refractivity contribution in [3.63, 3.8) is 0 Å². The molecule has 226 valence electrons. The fourth-order valence-electron chi connectivity index (χ4n) is 4.96. The van der Waals surface area contributed by atoms with E-state index in [4.69, 9.17) is 9.47 Å². The molecule has 5 heteroatoms. The molecule has 4 nitrogen and oxygen atoms in total. The highest BCUT2D eigenvalue weighted by atomic mass is 32.1. The van der Waals surface area contributed by atoms with Crippen molar-refractivity contribution in [1.82, 2.24) is 0 Å². The molecule has 0 amide bonds. The Morgan fingerprint density at radius 2 is 0.949 bits per heavy atom. The number of carbonyl (C=O) groups excluding carboxylic acids is 2. The zero-order valence-corrected chi connectivity index (χ0v) is 26.4. The molecule has 0 radical (unpaired) electrons. The third-order valence-electron chi connectivity index (χ3n) is 7.51. The quantitative estimate of drug-likeness (QED) is 0.0750. The van der Waals surface area contributed by atoms with Crippen LogP contribution in [0, 0.1) is 0 Å². The molecule has 0 aromatic carbocycles. The monoisotopic (exact) mass is 564 g/mol. The van der Waals surface area contributed by atoms with E-state index in [0.29, 0.717) is 38.9 Å². The van der Waals surface area contributed by atoms with Gasteiger partial charge in [-0.2, -0.15) is 0 Å². The lowest BCUT2D eigenvalue weighted by atomic mass is 10.1. The second kappa shape index (κ2) is 26.8. The van der Waals surface area contributed by atoms with Crippen LogP contribution in [0.2, 0.25) is 0 Å². The van der Waals surface area contributed by atoms with Crippen LogP contribution >= 0.6 is 11.3 Å². The third-order valence-corrected chi connectivity index (χ3v) is 8.54. The van der Waals surface area contributed by atoms with Crippen molar-refractivity contribution in [3.05, 3.63) is 21.9 Å². The smallest absolute Gasteiger partial charge is 0.306 e. The van der Waals surface area contributed by atoms with Crippen molar-refractivity contribution in [2.24, 2.45) is 0 Å². The van der Waals surface area contributed by atoms with Crippen LogP contribution in [0.1, 0.15) is 166 Å². The van der Waals surface area contributed by atoms with E-state index in [0.717, 1.165) is 25.7 Å². The van der Waals surface area contributed by atoms with Crippen LogP contribution in [-0.2, 0) is 31.9 Å². The SMILES string of the molecule is CCCCCCCCCCCCOC(=O)CCc1ccsc1CCC(=O)OCCCCCCCCCCCC. The molecule has 0 spiro atoms. The molecule has 1 heterocycles. The van der Waals surface area contributed by atoms with Gasteiger partial charge in [-0.1, -0.05) is 129 Å². The number of unbranched alkanes of at least 4 members (excludes halogenated alkanes) is 18. The molecular formula is C34H60O4S. The Balaban J connectivity index is 2.00. The van der Waals surface area contributed by atoms with E-state index in [2.05, 4.69) is 25.3 Å². The van der Waals surface area contributed by atoms with Gasteiger partial charge in [0.05, 0.1) is 19.6 Å². The average molecular weight is 565 g/mol. The van der Waals surface area contributed by atoms with Crippen LogP contribution in [0.25, 0.3) is 0 Å². The summed E-state index contributed by atoms with van der Waals surface area (Å²) in [6.45, 7) is 5.59. The molecule has 0 N–H and O–H groups in total. The highest BCUT2D eigenvalue weighted by Gasteiger charge is 2.11. The van der Waals surface area contributed by atoms with Crippen LogP contribution in [0.15, 0.2) is 11.4 Å². The molecule has 0 aliphatic heterocycles. The molecule has 1 rings (SSSR count). The number of rotatable bonds is 28. The Labute approximate surface area is 245 Å². The van der Waals surface area contributed by atoms with E-state index >= 15 is 0 Å². The molecule has 39 heavy (non-hydrogen) atoms. The third kappa shape index (κ3) is 22.1. The molecule has 1 aromatic rings. The molecule has 0 fully saturated rings. The van der Waals surface area contributed by atoms with E-state index in [1.54, 1.807) is 11.3 Å². The predicted molar refractivity (Wildman–Crippen MR) is 167 cm³/mol. The topological polar surface area (TPSA) is 52.6 Å². The lowest BCUT2D eigenvalue weighted by Gasteiger charge is -2.07. The van der Waals surface area contributed by atoms with Gasteiger partial charge in [0.2, 0.25) is 0 Å². The zero-order valence-electron chi connectivity index (χ0n) is 25.6. The standard InChI is InChI=1S/C34H60O4S/c1-3-5-7-9-11-13-15-17-19-21-28-37-33(35)25-23-31-27-30-39-32(31)24-26-34(36)38-29-22-20-18-16-14-12-10-8-6-4-2/h27,30H,3-26,28-29H2,1-2H3. The van der Waals surface area contributed by atoms with Crippen molar-refractivity contribution < 1.29 is 19.1 Å². The first-order valence-corrected chi connectivity index (χ1v) is 17.4. The molecule has 0 saturated heterocycles. The van der Waals surface area contributed by atoms with Gasteiger partial charge in [-0.15, -0.1) is 11.3 Å². The zero-order chi connectivity index (χ0) is 28.2. The molecular weight excluding hydrogens is 504 g/mol. The molecule has 0 atom stereocenters. The van der Waals surface area contributed by atoms with E-state index in [1.807, 2.05) is 0 Å². The second-order valence-corrected chi connectivity index (χ2v) is 12.2. The normalized spacial score (nSPS) is 11.1. The van der Waals surface area contributed by atoms with Crippen molar-refractivity contribution in [3.8, 4) is 0 Å². The maximum Gasteiger partial charge on any atom is 0.306 e. The summed E-state index contributed by atoms with van der Waals surface area (Å²) >= 11 is 1.66. The summed E-state index contributed by atoms with van der Waals surface area (Å²) < 4.78 is 10.9. The summed E-state index contributed by atoms with van der Waals surface area (Å²) in [5.41, 5.74) is 1.17. The summed E-state index contributed by atoms with van der Waals surface area (Å²) in [5.74, 6) is -0.222. The number of esters is 2. The number of aryl methyl sites for hydroxylation is 2. The first-order valence-electron chi connectivity index (χ1n) is 16.5. The van der Waals surface area contributed by atoms with Gasteiger partial charge in [-0.3, -0.25) is 9.59 Å². The van der Waals surface area contributed by atoms with Gasteiger partial charge in [-0.05, 0) is 42.7 Å². The Kier molecular flexibility index (Phi) is 24.5. The van der Waals surface area contributed by atoms with Crippen molar-refractivity contribution in [2.45, 2.75) is 168 Å². The first-order chi connectivity index (χ1) is 19.2. The first kappa shape index (κ1) is 35.7. The highest BCUT2D eigenvalue weighted by Crippen LogP contribution is 2.21. The molecule has 0 saturated carbocycles. The summed E-state index contributed by atoms with van der Waals surface area (Å²) in [5, 5.41) is 2.05. The summed E-state index contributed by atoms with van der Waals surface area (Å²) in [6, 6.07) is 2.07. The maximum atomic E-state index is 12.2. The number of hydrogen-bond acceptors (Lipinski definition) is 5. The average Bonchev–Trinajstić information content (AvgIpc) is 3.39. The Hall–Kier alpha value is -1.36. The van der Waals surface area contributed by atoms with Crippen LogP contribution in [0.4, 0.5) is 0 Å². The Bertz CT molecular complexity index is 643. The van der Waals surface area contributed by atoms with Gasteiger partial charge in [0, 0.05) is 11.3 Å². The number of ether oxygens (including phenoxy) is 2. The van der Waals surface area contributed by atoms with Gasteiger partial charge in [-0.25, -0.2) is 0 Å². The minimum atomic E-state index is -0.112. The van der Waals surface area contributed by atoms with Crippen LogP contribution in [0.5, 0.6) is 0 Å². The van der Waals surface area contributed by atoms with Crippen LogP contribution < -0.4 is 0 Å². The van der Waals surface area contributed by atoms with Gasteiger partial charge < -0.3 is 9.47 Å². The fourth-order valence-corrected chi connectivity index (χ4v) is 5.89. The van der Waals surface area contributed by atoms with Crippen molar-refractivity contribution in [1.29, 1.82) is 0 Å². The minimum absolute atomic E-state index is 0.110. The molecule has 1 aromatic heterocycles. The number of hydrogen-bond donors (Lipinski definition) is 0. The Morgan fingerprint density at radius 3 is 1.38 bits per heavy atom. The van der Waals surface area contributed by atoms with Crippen LogP contribution in [-0.4, -0.2) is 25.2 Å². The predicted octanol–water partition coefficient (Wildman–Crippen LogP) is 10.5. The largest absolute Gasteiger partial charge is 0.466 e. The van der Waals surface area contributed by atoms with Crippen LogP contribution in [0.3, 0.4) is 0 Å². The molecule has 0 unspecified atom stereocenters. The highest BCUT2D eigenvalue weighted by molar-refractivity contribution is 7.10. The van der Waals surface area contributed by atoms with E-state index in [-0.39, 0.29) is 11.9 Å². The maximum absolute atomic E-state index is 12.2. The van der Waals surface area contributed by atoms with Crippen molar-refractivity contribution >= 4 is 23.3 Å². The van der Waals surface area contributed by atoms with Gasteiger partial charge in [0.1, 0.15) is 0 Å². The second-order valence-electron chi connectivity index (χ2n) is 11.2. The molecule has 0 aliphatic rings. The summed E-state index contributed by atoms with van der Waals surface area (Å²) in [7, 11) is 0. The summed E-state index contributed by atoms with van der Waals surface area (Å²) in [4.78, 5) is 25.5. The van der Waals surface area contributed by atoms with E-state index in [9.17, 15) is 9.59 Å². The Morgan fingerprint density at radius 1 is 0.564 bits per heavy atom. The number of thiophene rings is 1. The van der Waals surface area contributed by atoms with Crippen molar-refractivity contribution in [2.75, 3.05) is 13.2 Å². The number of carbonyl (C=O) groups is 2. The summed E-state index contributed by atoms with van der Waals surface area (Å²) in [6.07, 6.45) is 27.8. The lowest BCUT2D eigenvalue weighted by Crippen LogP contribution is -2.09. The lowest BCUT2D eigenvalue weighted by molar-refractivity contribution is -0.144. The fraction of sp³-hybridized carbons (Fsp3) is 0.824. The molecule has 0 bridgehead atoms. The van der Waals surface area contributed by atoms with E-state index < -0.39 is 0 Å². The minimum Gasteiger partial charge on any atom is -0.466 e. The van der Waals surface area contributed by atoms with Gasteiger partial charge in [0.15, 0.2) is 0 Å². The van der Waals surface area contributed by atoms with Gasteiger partial charge in [0.25, 0.3) is 0 Å². The van der Waals surface area contributed by atoms with E-state index in [1.165, 1.54) is 113 Å². The van der Waals surface area contributed by atoms with Gasteiger partial charge >= 0.3 is 11.9 Å². The molecule has 0 aliphatic carbocycles.